The molecule has 0 saturated heterocycles. The minimum atomic E-state index is -4.88. The summed E-state index contributed by atoms with van der Waals surface area (Å²) in [5.74, 6) is -3.47. The Kier molecular flexibility index (Phi) is 4.82. The Bertz CT molecular complexity index is 806. The van der Waals surface area contributed by atoms with Crippen LogP contribution in [-0.2, 0) is 11.2 Å². The van der Waals surface area contributed by atoms with E-state index in [1.165, 1.54) is 13.8 Å². The fraction of sp³-hybridized carbons (Fsp3) is 0.438. The lowest BCUT2D eigenvalue weighted by Crippen LogP contribution is -2.17. The number of allylic oxidation sites excluding steroid dienone is 2. The minimum Gasteiger partial charge on any atom is -0.481 e. The third-order valence-electron chi connectivity index (χ3n) is 4.98. The highest BCUT2D eigenvalue weighted by atomic mass is 35.5. The Morgan fingerprint density at radius 2 is 2.00 bits per heavy atom. The maximum atomic E-state index is 13.3. The summed E-state index contributed by atoms with van der Waals surface area (Å²) in [6.07, 6.45) is -4.68. The second-order valence-electron chi connectivity index (χ2n) is 6.73. The molecule has 1 N–H and O–H groups in total. The second kappa shape index (κ2) is 6.22. The quantitative estimate of drug-likeness (QED) is 0.445. The fourth-order valence-corrected chi connectivity index (χ4v) is 3.74. The first kappa shape index (κ1) is 20.2. The zero-order valence-corrected chi connectivity index (χ0v) is 14.4. The first-order chi connectivity index (χ1) is 11.7. The van der Waals surface area contributed by atoms with Crippen LogP contribution in [0.5, 0.6) is 0 Å². The van der Waals surface area contributed by atoms with Crippen LogP contribution in [0.4, 0.5) is 23.2 Å². The Balaban J connectivity index is 2.60. The van der Waals surface area contributed by atoms with E-state index >= 15 is 0 Å². The van der Waals surface area contributed by atoms with Crippen LogP contribution in [0.3, 0.4) is 0 Å². The molecule has 2 unspecified atom stereocenters. The number of aliphatic carboxylic acids is 1. The number of nitrogens with zero attached hydrogens (tertiary/aromatic N) is 1. The van der Waals surface area contributed by atoms with Crippen molar-refractivity contribution < 1.29 is 32.4 Å². The van der Waals surface area contributed by atoms with Crippen LogP contribution in [0.2, 0.25) is 0 Å². The van der Waals surface area contributed by atoms with Gasteiger partial charge in [0.15, 0.2) is 0 Å². The van der Waals surface area contributed by atoms with Crippen molar-refractivity contribution >= 4 is 23.3 Å². The van der Waals surface area contributed by atoms with Gasteiger partial charge >= 0.3 is 12.1 Å². The van der Waals surface area contributed by atoms with E-state index in [0.717, 1.165) is 12.1 Å². The second-order valence-corrected chi connectivity index (χ2v) is 7.14. The normalized spacial score (nSPS) is 25.0. The Morgan fingerprint density at radius 1 is 1.42 bits per heavy atom. The largest absolute Gasteiger partial charge is 0.481 e. The van der Waals surface area contributed by atoms with E-state index in [4.69, 9.17) is 11.6 Å². The van der Waals surface area contributed by atoms with Gasteiger partial charge in [-0.1, -0.05) is 31.5 Å². The van der Waals surface area contributed by atoms with Crippen molar-refractivity contribution in [1.82, 2.24) is 0 Å². The molecule has 2 rings (SSSR count). The zero-order valence-electron chi connectivity index (χ0n) is 13.6. The summed E-state index contributed by atoms with van der Waals surface area (Å²) in [7, 11) is 0. The van der Waals surface area contributed by atoms with E-state index in [1.807, 2.05) is 0 Å². The number of carboxylic acid groups (broad SMARTS) is 1. The van der Waals surface area contributed by atoms with Crippen LogP contribution < -0.4 is 0 Å². The maximum absolute atomic E-state index is 13.3. The van der Waals surface area contributed by atoms with E-state index in [-0.39, 0.29) is 5.56 Å². The molecule has 1 saturated carbocycles. The van der Waals surface area contributed by atoms with Gasteiger partial charge in [0.05, 0.1) is 16.9 Å². The molecular weight excluding hydrogens is 382 g/mol. The molecule has 10 heteroatoms. The number of nitro benzene ring substituents is 1. The molecule has 0 heterocycles. The van der Waals surface area contributed by atoms with Crippen LogP contribution in [-0.4, -0.2) is 22.2 Å². The number of hydrogen-bond donors (Lipinski definition) is 1. The minimum absolute atomic E-state index is 0.0730. The lowest BCUT2D eigenvalue weighted by molar-refractivity contribution is -0.385. The first-order valence-electron chi connectivity index (χ1n) is 7.35. The fourth-order valence-electron chi connectivity index (χ4n) is 3.55. The van der Waals surface area contributed by atoms with Crippen molar-refractivity contribution in [3.63, 3.8) is 0 Å². The number of hydrogen-bond acceptors (Lipinski definition) is 3. The molecule has 0 aliphatic heterocycles. The molecule has 1 aliphatic carbocycles. The van der Waals surface area contributed by atoms with E-state index in [2.05, 4.69) is 0 Å². The first-order valence-corrected chi connectivity index (χ1v) is 7.73. The monoisotopic (exact) mass is 395 g/mol. The van der Waals surface area contributed by atoms with Crippen molar-refractivity contribution in [2.75, 3.05) is 0 Å². The molecule has 0 aromatic heterocycles. The zero-order chi connectivity index (χ0) is 20.1. The number of rotatable bonds is 5. The summed E-state index contributed by atoms with van der Waals surface area (Å²) >= 11 is 5.32. The van der Waals surface area contributed by atoms with Gasteiger partial charge < -0.3 is 5.11 Å². The Labute approximate surface area is 150 Å². The number of nitro groups is 1. The average Bonchev–Trinajstić information content (AvgIpc) is 2.94. The van der Waals surface area contributed by atoms with E-state index in [1.54, 1.807) is 0 Å². The summed E-state index contributed by atoms with van der Waals surface area (Å²) in [5.41, 5.74) is -3.45. The molecule has 0 bridgehead atoms. The summed E-state index contributed by atoms with van der Waals surface area (Å²) in [6, 6.07) is 2.64. The molecule has 0 radical (unpaired) electrons. The lowest BCUT2D eigenvalue weighted by Gasteiger charge is -2.18. The van der Waals surface area contributed by atoms with Gasteiger partial charge in [0.25, 0.3) is 5.69 Å². The van der Waals surface area contributed by atoms with Crippen molar-refractivity contribution in [2.45, 2.75) is 26.4 Å². The summed E-state index contributed by atoms with van der Waals surface area (Å²) in [5, 5.41) is 19.0. The van der Waals surface area contributed by atoms with Crippen molar-refractivity contribution in [3.05, 3.63) is 50.8 Å². The number of carboxylic acids is 1. The molecule has 1 aliphatic rings. The molecule has 2 atom stereocenters. The van der Waals surface area contributed by atoms with Gasteiger partial charge in [-0.15, -0.1) is 0 Å². The highest BCUT2D eigenvalue weighted by molar-refractivity contribution is 6.30. The van der Waals surface area contributed by atoms with Crippen LogP contribution in [0.15, 0.2) is 29.3 Å². The van der Waals surface area contributed by atoms with Crippen molar-refractivity contribution in [3.8, 4) is 0 Å². The van der Waals surface area contributed by atoms with Gasteiger partial charge in [-0.3, -0.25) is 14.9 Å². The molecule has 0 spiro atoms. The summed E-state index contributed by atoms with van der Waals surface area (Å²) in [4.78, 5) is 21.8. The SMILES string of the molecule is CC1(C)C(C(=O)O)C1(C=C(Cl)C(F)(F)F)Cc1ccc(F)cc1[N+](=O)[O-]. The third kappa shape index (κ3) is 3.27. The van der Waals surface area contributed by atoms with Crippen LogP contribution in [0.1, 0.15) is 19.4 Å². The standard InChI is InChI=1S/C16H14ClF4NO4/c1-14(2)12(13(23)24)15(14,7-11(17)16(19,20)21)6-8-3-4-9(18)5-10(8)22(25)26/h3-5,7,12H,6H2,1-2H3,(H,23,24). The molecule has 5 nitrogen and oxygen atoms in total. The van der Waals surface area contributed by atoms with Crippen LogP contribution >= 0.6 is 11.6 Å². The van der Waals surface area contributed by atoms with Gasteiger partial charge in [0.2, 0.25) is 0 Å². The van der Waals surface area contributed by atoms with Crippen molar-refractivity contribution in [2.24, 2.45) is 16.7 Å². The number of halogens is 5. The van der Waals surface area contributed by atoms with Crippen molar-refractivity contribution in [1.29, 1.82) is 0 Å². The smallest absolute Gasteiger partial charge is 0.426 e. The molecule has 1 aromatic carbocycles. The van der Waals surface area contributed by atoms with E-state index < -0.39 is 56.8 Å². The number of carbonyl (C=O) groups is 1. The van der Waals surface area contributed by atoms with Crippen LogP contribution in [0, 0.1) is 32.7 Å². The van der Waals surface area contributed by atoms with Crippen LogP contribution in [0.25, 0.3) is 0 Å². The topological polar surface area (TPSA) is 80.4 Å². The highest BCUT2D eigenvalue weighted by Crippen LogP contribution is 2.72. The van der Waals surface area contributed by atoms with E-state index in [9.17, 15) is 37.6 Å². The molecule has 26 heavy (non-hydrogen) atoms. The predicted octanol–water partition coefficient (Wildman–Crippen LogP) is 4.69. The van der Waals surface area contributed by atoms with Gasteiger partial charge in [0, 0.05) is 11.0 Å². The maximum Gasteiger partial charge on any atom is 0.426 e. The lowest BCUT2D eigenvalue weighted by atomic mass is 9.87. The average molecular weight is 396 g/mol. The Hall–Kier alpha value is -2.16. The summed E-state index contributed by atoms with van der Waals surface area (Å²) < 4.78 is 51.9. The van der Waals surface area contributed by atoms with Gasteiger partial charge in [-0.05, 0) is 24.0 Å². The van der Waals surface area contributed by atoms with Gasteiger partial charge in [-0.25, -0.2) is 4.39 Å². The van der Waals surface area contributed by atoms with E-state index in [0.29, 0.717) is 12.1 Å². The summed E-state index contributed by atoms with van der Waals surface area (Å²) in [6.45, 7) is 2.89. The molecule has 0 amide bonds. The number of alkyl halides is 3. The predicted molar refractivity (Wildman–Crippen MR) is 84.1 cm³/mol. The number of benzene rings is 1. The molecule has 1 fully saturated rings. The highest BCUT2D eigenvalue weighted by Gasteiger charge is 2.73. The van der Waals surface area contributed by atoms with Gasteiger partial charge in [0.1, 0.15) is 10.8 Å². The molecule has 142 valence electrons. The van der Waals surface area contributed by atoms with Gasteiger partial charge in [-0.2, -0.15) is 13.2 Å². The third-order valence-corrected chi connectivity index (χ3v) is 5.31. The molecule has 1 aromatic rings. The molecular formula is C16H14ClF4NO4. The Morgan fingerprint density at radius 3 is 2.42 bits per heavy atom.